The van der Waals surface area contributed by atoms with E-state index in [-0.39, 0.29) is 5.56 Å². The average molecular weight is 351 g/mol. The number of aryl methyl sites for hydroxylation is 3. The van der Waals surface area contributed by atoms with Crippen LogP contribution in [-0.4, -0.2) is 32.8 Å². The van der Waals surface area contributed by atoms with Gasteiger partial charge in [-0.25, -0.2) is 14.6 Å². The van der Waals surface area contributed by atoms with Crippen LogP contribution in [0.3, 0.4) is 0 Å². The predicted octanol–water partition coefficient (Wildman–Crippen LogP) is 2.23. The lowest BCUT2D eigenvalue weighted by Crippen LogP contribution is -2.50. The predicted molar refractivity (Wildman–Crippen MR) is 99.6 cm³/mol. The molecule has 26 heavy (non-hydrogen) atoms. The summed E-state index contributed by atoms with van der Waals surface area (Å²) >= 11 is 0. The summed E-state index contributed by atoms with van der Waals surface area (Å²) in [6.45, 7) is 4.63. The average Bonchev–Trinajstić information content (AvgIpc) is 3.42. The normalized spacial score (nSPS) is 20.0. The molecule has 2 aromatic rings. The molecule has 0 spiro atoms. The van der Waals surface area contributed by atoms with Crippen molar-refractivity contribution in [2.24, 2.45) is 5.92 Å². The molecule has 0 bridgehead atoms. The Labute approximate surface area is 153 Å². The van der Waals surface area contributed by atoms with Crippen molar-refractivity contribution in [3.63, 3.8) is 0 Å². The standard InChI is InChI=1S/C20H25N5O/c1-13-8-18(22-20(21-13)15-6-7-15)24-10-14(11-24)12-25-19(26)9-16-4-2-3-5-17(16)23-25/h8-9,14-15H,2-7,10-12H2,1H3. The Balaban J connectivity index is 1.27. The van der Waals surface area contributed by atoms with Gasteiger partial charge in [-0.1, -0.05) is 0 Å². The van der Waals surface area contributed by atoms with E-state index in [4.69, 9.17) is 4.98 Å². The van der Waals surface area contributed by atoms with Crippen molar-refractivity contribution >= 4 is 5.82 Å². The number of nitrogens with zero attached hydrogens (tertiary/aromatic N) is 5. The van der Waals surface area contributed by atoms with Crippen LogP contribution in [0.4, 0.5) is 5.82 Å². The summed E-state index contributed by atoms with van der Waals surface area (Å²) in [5.74, 6) is 3.09. The molecule has 1 aliphatic heterocycles. The summed E-state index contributed by atoms with van der Waals surface area (Å²) in [7, 11) is 0. The number of aromatic nitrogens is 4. The molecule has 0 N–H and O–H groups in total. The minimum atomic E-state index is 0.0537. The van der Waals surface area contributed by atoms with Crippen LogP contribution in [0.2, 0.25) is 0 Å². The van der Waals surface area contributed by atoms with Crippen LogP contribution in [0, 0.1) is 12.8 Å². The monoisotopic (exact) mass is 351 g/mol. The SMILES string of the molecule is Cc1cc(N2CC(Cn3nc4c(cc3=O)CCCC4)C2)nc(C2CC2)n1. The van der Waals surface area contributed by atoms with Gasteiger partial charge in [-0.05, 0) is 51.0 Å². The second-order valence-corrected chi connectivity index (χ2v) is 8.11. The fourth-order valence-corrected chi connectivity index (χ4v) is 4.11. The Morgan fingerprint density at radius 1 is 1.12 bits per heavy atom. The fourth-order valence-electron chi connectivity index (χ4n) is 4.11. The highest BCUT2D eigenvalue weighted by molar-refractivity contribution is 5.43. The smallest absolute Gasteiger partial charge is 0.267 e. The molecular formula is C20H25N5O. The molecule has 0 atom stereocenters. The first-order chi connectivity index (χ1) is 12.7. The molecule has 2 aromatic heterocycles. The third kappa shape index (κ3) is 3.02. The van der Waals surface area contributed by atoms with Crippen molar-refractivity contribution < 1.29 is 0 Å². The summed E-state index contributed by atoms with van der Waals surface area (Å²) in [6.07, 6.45) is 6.82. The number of fused-ring (bicyclic) bond motifs is 1. The van der Waals surface area contributed by atoms with Gasteiger partial charge in [0.1, 0.15) is 11.6 Å². The minimum Gasteiger partial charge on any atom is -0.356 e. The second kappa shape index (κ2) is 6.18. The third-order valence-corrected chi connectivity index (χ3v) is 5.79. The van der Waals surface area contributed by atoms with E-state index in [2.05, 4.69) is 21.0 Å². The number of rotatable bonds is 4. The highest BCUT2D eigenvalue weighted by Crippen LogP contribution is 2.39. The first-order valence-corrected chi connectivity index (χ1v) is 9.86. The Hall–Kier alpha value is -2.24. The third-order valence-electron chi connectivity index (χ3n) is 5.79. The van der Waals surface area contributed by atoms with E-state index in [0.29, 0.717) is 18.4 Å². The van der Waals surface area contributed by atoms with Crippen LogP contribution in [0.25, 0.3) is 0 Å². The van der Waals surface area contributed by atoms with Gasteiger partial charge in [-0.15, -0.1) is 0 Å². The molecular weight excluding hydrogens is 326 g/mol. The van der Waals surface area contributed by atoms with Crippen molar-refractivity contribution in [1.29, 1.82) is 0 Å². The summed E-state index contributed by atoms with van der Waals surface area (Å²) in [5.41, 5.74) is 3.40. The van der Waals surface area contributed by atoms with Crippen LogP contribution in [-0.2, 0) is 19.4 Å². The van der Waals surface area contributed by atoms with Gasteiger partial charge < -0.3 is 4.90 Å². The quantitative estimate of drug-likeness (QED) is 0.845. The second-order valence-electron chi connectivity index (χ2n) is 8.11. The van der Waals surface area contributed by atoms with E-state index >= 15 is 0 Å². The molecule has 6 heteroatoms. The minimum absolute atomic E-state index is 0.0537. The van der Waals surface area contributed by atoms with Gasteiger partial charge in [0.05, 0.1) is 12.2 Å². The van der Waals surface area contributed by atoms with Crippen molar-refractivity contribution in [2.75, 3.05) is 18.0 Å². The maximum Gasteiger partial charge on any atom is 0.267 e. The van der Waals surface area contributed by atoms with E-state index in [1.165, 1.54) is 25.7 Å². The van der Waals surface area contributed by atoms with Crippen LogP contribution < -0.4 is 10.5 Å². The summed E-state index contributed by atoms with van der Waals surface area (Å²) in [6, 6.07) is 3.89. The molecule has 3 aliphatic rings. The maximum absolute atomic E-state index is 12.4. The van der Waals surface area contributed by atoms with E-state index in [9.17, 15) is 4.79 Å². The Kier molecular flexibility index (Phi) is 3.80. The Morgan fingerprint density at radius 3 is 2.73 bits per heavy atom. The maximum atomic E-state index is 12.4. The zero-order valence-corrected chi connectivity index (χ0v) is 15.3. The molecule has 0 radical (unpaired) electrons. The van der Waals surface area contributed by atoms with Crippen molar-refractivity contribution in [3.8, 4) is 0 Å². The van der Waals surface area contributed by atoms with E-state index in [1.807, 2.05) is 13.0 Å². The molecule has 0 unspecified atom stereocenters. The van der Waals surface area contributed by atoms with Crippen LogP contribution in [0.1, 0.15) is 54.4 Å². The van der Waals surface area contributed by atoms with Gasteiger partial charge in [0.25, 0.3) is 5.56 Å². The zero-order chi connectivity index (χ0) is 17.7. The van der Waals surface area contributed by atoms with E-state index in [0.717, 1.165) is 54.5 Å². The molecule has 6 nitrogen and oxygen atoms in total. The topological polar surface area (TPSA) is 63.9 Å². The lowest BCUT2D eigenvalue weighted by molar-refractivity contribution is 0.329. The van der Waals surface area contributed by atoms with Gasteiger partial charge in [0.2, 0.25) is 0 Å². The molecule has 2 fully saturated rings. The Morgan fingerprint density at radius 2 is 1.92 bits per heavy atom. The Bertz CT molecular complexity index is 896. The lowest BCUT2D eigenvalue weighted by Gasteiger charge is -2.40. The summed E-state index contributed by atoms with van der Waals surface area (Å²) < 4.78 is 1.69. The van der Waals surface area contributed by atoms with Crippen molar-refractivity contribution in [2.45, 2.75) is 57.9 Å². The zero-order valence-electron chi connectivity index (χ0n) is 15.3. The first kappa shape index (κ1) is 16.0. The molecule has 0 aromatic carbocycles. The number of anilines is 1. The summed E-state index contributed by atoms with van der Waals surface area (Å²) in [4.78, 5) is 24.0. The molecule has 3 heterocycles. The van der Waals surface area contributed by atoms with Gasteiger partial charge >= 0.3 is 0 Å². The first-order valence-electron chi connectivity index (χ1n) is 9.86. The molecule has 0 amide bonds. The fraction of sp³-hybridized carbons (Fsp3) is 0.600. The lowest BCUT2D eigenvalue weighted by atomic mass is 9.96. The van der Waals surface area contributed by atoms with Crippen LogP contribution in [0.5, 0.6) is 0 Å². The van der Waals surface area contributed by atoms with Crippen molar-refractivity contribution in [3.05, 3.63) is 45.3 Å². The van der Waals surface area contributed by atoms with Crippen LogP contribution >= 0.6 is 0 Å². The van der Waals surface area contributed by atoms with Gasteiger partial charge in [-0.2, -0.15) is 5.10 Å². The molecule has 1 saturated heterocycles. The molecule has 5 rings (SSSR count). The summed E-state index contributed by atoms with van der Waals surface area (Å²) in [5, 5.41) is 4.65. The van der Waals surface area contributed by atoms with Crippen molar-refractivity contribution in [1.82, 2.24) is 19.7 Å². The van der Waals surface area contributed by atoms with Crippen LogP contribution in [0.15, 0.2) is 16.9 Å². The largest absolute Gasteiger partial charge is 0.356 e. The van der Waals surface area contributed by atoms with Gasteiger partial charge in [0.15, 0.2) is 0 Å². The number of hydrogen-bond donors (Lipinski definition) is 0. The number of hydrogen-bond acceptors (Lipinski definition) is 5. The van der Waals surface area contributed by atoms with Gasteiger partial charge in [-0.3, -0.25) is 4.79 Å². The molecule has 1 saturated carbocycles. The van der Waals surface area contributed by atoms with E-state index in [1.54, 1.807) is 4.68 Å². The van der Waals surface area contributed by atoms with E-state index < -0.39 is 0 Å². The molecule has 136 valence electrons. The highest BCUT2D eigenvalue weighted by atomic mass is 16.1. The van der Waals surface area contributed by atoms with Gasteiger partial charge in [0, 0.05) is 42.8 Å². The highest BCUT2D eigenvalue weighted by Gasteiger charge is 2.32. The molecule has 2 aliphatic carbocycles.